The minimum atomic E-state index is -0.122. The summed E-state index contributed by atoms with van der Waals surface area (Å²) in [6, 6.07) is 8.39. The number of fused-ring (bicyclic) bond motifs is 1. The number of piperidine rings is 1. The van der Waals surface area contributed by atoms with Gasteiger partial charge in [-0.1, -0.05) is 24.1 Å². The van der Waals surface area contributed by atoms with Gasteiger partial charge in [-0.25, -0.2) is 0 Å². The number of amides is 1. The van der Waals surface area contributed by atoms with Crippen molar-refractivity contribution in [1.29, 1.82) is 0 Å². The summed E-state index contributed by atoms with van der Waals surface area (Å²) < 4.78 is 0. The number of nitrogens with one attached hydrogen (secondary N) is 2. The Morgan fingerprint density at radius 1 is 1.42 bits per heavy atom. The lowest BCUT2D eigenvalue weighted by molar-refractivity contribution is -0.126. The second-order valence-electron chi connectivity index (χ2n) is 6.62. The fraction of sp³-hybridized carbons (Fsp3) is 0.450. The van der Waals surface area contributed by atoms with Gasteiger partial charge in [0.05, 0.1) is 12.6 Å². The van der Waals surface area contributed by atoms with Crippen LogP contribution in [0.4, 0.5) is 0 Å². The molecule has 1 saturated heterocycles. The molecule has 1 aromatic carbocycles. The van der Waals surface area contributed by atoms with Crippen LogP contribution >= 0.6 is 0 Å². The summed E-state index contributed by atoms with van der Waals surface area (Å²) in [5.41, 5.74) is 3.94. The Hall–Kier alpha value is -2.25. The number of benzene rings is 1. The number of hydrogen-bond acceptors (Lipinski definition) is 2. The van der Waals surface area contributed by atoms with E-state index in [1.807, 2.05) is 6.92 Å². The predicted octanol–water partition coefficient (Wildman–Crippen LogP) is 2.79. The minimum Gasteiger partial charge on any atom is -0.358 e. The van der Waals surface area contributed by atoms with Crippen LogP contribution in [0.3, 0.4) is 0 Å². The first-order chi connectivity index (χ1) is 11.6. The molecule has 0 bridgehead atoms. The van der Waals surface area contributed by atoms with Crippen LogP contribution in [0, 0.1) is 19.3 Å². The molecule has 3 rings (SSSR count). The van der Waals surface area contributed by atoms with E-state index in [0.29, 0.717) is 12.5 Å². The van der Waals surface area contributed by atoms with Crippen molar-refractivity contribution < 1.29 is 4.79 Å². The van der Waals surface area contributed by atoms with E-state index in [0.717, 1.165) is 25.9 Å². The molecule has 1 aromatic heterocycles. The van der Waals surface area contributed by atoms with Gasteiger partial charge in [0.1, 0.15) is 0 Å². The Labute approximate surface area is 143 Å². The quantitative estimate of drug-likeness (QED) is 0.850. The average molecular weight is 323 g/mol. The highest BCUT2D eigenvalue weighted by Crippen LogP contribution is 2.35. The van der Waals surface area contributed by atoms with E-state index in [2.05, 4.69) is 52.3 Å². The molecule has 4 heteroatoms. The Kier molecular flexibility index (Phi) is 4.92. The number of hydrogen-bond donors (Lipinski definition) is 2. The summed E-state index contributed by atoms with van der Waals surface area (Å²) in [6.45, 7) is 6.30. The maximum Gasteiger partial charge on any atom is 0.237 e. The van der Waals surface area contributed by atoms with Crippen LogP contribution in [0.1, 0.15) is 36.9 Å². The van der Waals surface area contributed by atoms with Crippen molar-refractivity contribution >= 4 is 16.8 Å². The van der Waals surface area contributed by atoms with E-state index >= 15 is 0 Å². The lowest BCUT2D eigenvalue weighted by atomic mass is 9.87. The first-order valence-corrected chi connectivity index (χ1v) is 8.64. The van der Waals surface area contributed by atoms with Gasteiger partial charge in [0.2, 0.25) is 5.91 Å². The van der Waals surface area contributed by atoms with E-state index < -0.39 is 0 Å². The lowest BCUT2D eigenvalue weighted by Gasteiger charge is -2.35. The number of likely N-dealkylation sites (tertiary alicyclic amines) is 1. The average Bonchev–Trinajstić information content (AvgIpc) is 2.95. The largest absolute Gasteiger partial charge is 0.358 e. The third kappa shape index (κ3) is 3.18. The molecule has 2 N–H and O–H groups in total. The Morgan fingerprint density at radius 3 is 2.83 bits per heavy atom. The number of aromatic nitrogens is 1. The molecule has 0 radical (unpaired) electrons. The number of rotatable bonds is 4. The van der Waals surface area contributed by atoms with Crippen LogP contribution in [-0.2, 0) is 4.79 Å². The van der Waals surface area contributed by atoms with Crippen LogP contribution in [0.25, 0.3) is 10.9 Å². The molecule has 0 saturated carbocycles. The first kappa shape index (κ1) is 16.6. The van der Waals surface area contributed by atoms with Crippen molar-refractivity contribution in [3.8, 4) is 12.3 Å². The Morgan fingerprint density at radius 2 is 2.12 bits per heavy atom. The number of aromatic amines is 1. The van der Waals surface area contributed by atoms with Crippen LogP contribution in [0.2, 0.25) is 0 Å². The molecule has 1 aliphatic heterocycles. The summed E-state index contributed by atoms with van der Waals surface area (Å²) in [7, 11) is 0. The van der Waals surface area contributed by atoms with E-state index in [9.17, 15) is 4.79 Å². The van der Waals surface area contributed by atoms with E-state index in [4.69, 9.17) is 6.42 Å². The maximum atomic E-state index is 12.1. The highest BCUT2D eigenvalue weighted by molar-refractivity contribution is 5.85. The summed E-state index contributed by atoms with van der Waals surface area (Å²) in [5.74, 6) is 3.03. The standard InChI is InChI=1S/C20H25N3O/c1-4-11-21-20(24)15(3)23-12-9-16(10-13-23)19-14(2)22-18-8-6-5-7-17(18)19/h1,5-8,15-16,22H,9-13H2,2-3H3,(H,21,24). The molecule has 1 aliphatic rings. The number of aryl methyl sites for hydroxylation is 1. The van der Waals surface area contributed by atoms with Gasteiger partial charge >= 0.3 is 0 Å². The summed E-state index contributed by atoms with van der Waals surface area (Å²) in [4.78, 5) is 17.8. The zero-order chi connectivity index (χ0) is 17.1. The van der Waals surface area contributed by atoms with Gasteiger partial charge in [-0.05, 0) is 57.3 Å². The third-order valence-electron chi connectivity index (χ3n) is 5.17. The normalized spacial score (nSPS) is 17.5. The van der Waals surface area contributed by atoms with E-state index in [1.165, 1.54) is 22.2 Å². The van der Waals surface area contributed by atoms with Crippen LogP contribution in [0.5, 0.6) is 0 Å². The van der Waals surface area contributed by atoms with E-state index in [1.54, 1.807) is 0 Å². The smallest absolute Gasteiger partial charge is 0.237 e. The molecule has 126 valence electrons. The van der Waals surface area contributed by atoms with Gasteiger partial charge < -0.3 is 10.3 Å². The zero-order valence-electron chi connectivity index (χ0n) is 14.4. The third-order valence-corrected chi connectivity index (χ3v) is 5.17. The summed E-state index contributed by atoms with van der Waals surface area (Å²) in [6.07, 6.45) is 7.36. The topological polar surface area (TPSA) is 48.1 Å². The molecule has 2 heterocycles. The maximum absolute atomic E-state index is 12.1. The second kappa shape index (κ2) is 7.11. The molecule has 1 fully saturated rings. The Balaban J connectivity index is 1.68. The fourth-order valence-electron chi connectivity index (χ4n) is 3.85. The van der Waals surface area contributed by atoms with Gasteiger partial charge in [-0.3, -0.25) is 9.69 Å². The monoisotopic (exact) mass is 323 g/mol. The minimum absolute atomic E-state index is 0.0228. The number of carbonyl (C=O) groups excluding carboxylic acids is 1. The highest BCUT2D eigenvalue weighted by Gasteiger charge is 2.28. The molecule has 1 atom stereocenters. The molecule has 2 aromatic rings. The molecule has 4 nitrogen and oxygen atoms in total. The van der Waals surface area contributed by atoms with Crippen LogP contribution in [0.15, 0.2) is 24.3 Å². The van der Waals surface area contributed by atoms with Gasteiger partial charge in [-0.15, -0.1) is 6.42 Å². The Bertz CT molecular complexity index is 763. The van der Waals surface area contributed by atoms with Gasteiger partial charge in [0.15, 0.2) is 0 Å². The molecular weight excluding hydrogens is 298 g/mol. The van der Waals surface area contributed by atoms with Gasteiger partial charge in [-0.2, -0.15) is 0 Å². The van der Waals surface area contributed by atoms with Crippen molar-refractivity contribution in [2.24, 2.45) is 0 Å². The number of carbonyl (C=O) groups is 1. The fourth-order valence-corrected chi connectivity index (χ4v) is 3.85. The van der Waals surface area contributed by atoms with E-state index in [-0.39, 0.29) is 11.9 Å². The first-order valence-electron chi connectivity index (χ1n) is 8.64. The molecule has 1 amide bonds. The van der Waals surface area contributed by atoms with Crippen molar-refractivity contribution in [3.63, 3.8) is 0 Å². The van der Waals surface area contributed by atoms with Crippen molar-refractivity contribution in [2.45, 2.75) is 38.6 Å². The number of para-hydroxylation sites is 1. The summed E-state index contributed by atoms with van der Waals surface area (Å²) in [5, 5.41) is 4.12. The van der Waals surface area contributed by atoms with Gasteiger partial charge in [0.25, 0.3) is 0 Å². The van der Waals surface area contributed by atoms with Crippen molar-refractivity contribution in [2.75, 3.05) is 19.6 Å². The van der Waals surface area contributed by atoms with Gasteiger partial charge in [0, 0.05) is 16.6 Å². The predicted molar refractivity (Wildman–Crippen MR) is 97.9 cm³/mol. The molecule has 0 spiro atoms. The molecule has 1 unspecified atom stereocenters. The van der Waals surface area contributed by atoms with Crippen LogP contribution < -0.4 is 5.32 Å². The number of terminal acetylenes is 1. The zero-order valence-corrected chi connectivity index (χ0v) is 14.4. The van der Waals surface area contributed by atoms with Crippen LogP contribution in [-0.4, -0.2) is 41.5 Å². The molecular formula is C20H25N3O. The lowest BCUT2D eigenvalue weighted by Crippen LogP contribution is -2.48. The summed E-state index contributed by atoms with van der Waals surface area (Å²) >= 11 is 0. The second-order valence-corrected chi connectivity index (χ2v) is 6.62. The highest BCUT2D eigenvalue weighted by atomic mass is 16.2. The molecule has 24 heavy (non-hydrogen) atoms. The number of nitrogens with zero attached hydrogens (tertiary/aromatic N) is 1. The van der Waals surface area contributed by atoms with Crippen molar-refractivity contribution in [3.05, 3.63) is 35.5 Å². The SMILES string of the molecule is C#CCNC(=O)C(C)N1CCC(c2c(C)[nH]c3ccccc23)CC1. The number of H-pyrrole nitrogens is 1. The molecule has 0 aliphatic carbocycles. The van der Waals surface area contributed by atoms with Crippen molar-refractivity contribution in [1.82, 2.24) is 15.2 Å².